The van der Waals surface area contributed by atoms with E-state index in [4.69, 9.17) is 11.5 Å². The standard InChI is InChI=1S/C9H9NO/c1-3-8-4-9(7(2)11)6-10-5-8/h1,4-7,11H,2H3. The fourth-order valence-electron chi connectivity index (χ4n) is 0.765. The maximum absolute atomic E-state index is 9.14. The number of aromatic nitrogens is 1. The molecule has 0 bridgehead atoms. The van der Waals surface area contributed by atoms with E-state index in [1.54, 1.807) is 25.4 Å². The minimum absolute atomic E-state index is 0.504. The Kier molecular flexibility index (Phi) is 2.25. The molecule has 0 spiro atoms. The van der Waals surface area contributed by atoms with E-state index >= 15 is 0 Å². The molecule has 0 aliphatic heterocycles. The molecule has 1 aromatic rings. The van der Waals surface area contributed by atoms with Crippen LogP contribution in [0, 0.1) is 12.3 Å². The van der Waals surface area contributed by atoms with E-state index in [-0.39, 0.29) is 0 Å². The highest BCUT2D eigenvalue weighted by molar-refractivity contribution is 5.32. The molecule has 0 aliphatic carbocycles. The van der Waals surface area contributed by atoms with E-state index in [2.05, 4.69) is 10.9 Å². The van der Waals surface area contributed by atoms with Crippen molar-refractivity contribution in [3.05, 3.63) is 29.6 Å². The highest BCUT2D eigenvalue weighted by Crippen LogP contribution is 2.10. The number of nitrogens with zero attached hydrogens (tertiary/aromatic N) is 1. The van der Waals surface area contributed by atoms with Gasteiger partial charge in [0.1, 0.15) is 0 Å². The molecule has 56 valence electrons. The van der Waals surface area contributed by atoms with E-state index in [1.807, 2.05) is 0 Å². The second-order valence-corrected chi connectivity index (χ2v) is 2.33. The zero-order chi connectivity index (χ0) is 8.27. The molecule has 0 fully saturated rings. The number of hydrogen-bond acceptors (Lipinski definition) is 2. The van der Waals surface area contributed by atoms with Crippen molar-refractivity contribution in [1.82, 2.24) is 4.98 Å². The number of rotatable bonds is 1. The van der Waals surface area contributed by atoms with Crippen LogP contribution in [0.4, 0.5) is 0 Å². The molecular weight excluding hydrogens is 138 g/mol. The Hall–Kier alpha value is -1.33. The molecule has 0 amide bonds. The fraction of sp³-hybridized carbons (Fsp3) is 0.222. The Morgan fingerprint density at radius 3 is 2.91 bits per heavy atom. The molecule has 0 saturated carbocycles. The van der Waals surface area contributed by atoms with Crippen LogP contribution in [0.1, 0.15) is 24.2 Å². The quantitative estimate of drug-likeness (QED) is 0.604. The molecule has 1 N–H and O–H groups in total. The third-order valence-corrected chi connectivity index (χ3v) is 1.41. The predicted octanol–water partition coefficient (Wildman–Crippen LogP) is 1.12. The maximum atomic E-state index is 9.14. The summed E-state index contributed by atoms with van der Waals surface area (Å²) in [4.78, 5) is 3.87. The minimum atomic E-state index is -0.504. The number of aliphatic hydroxyl groups excluding tert-OH is 1. The number of pyridine rings is 1. The smallest absolute Gasteiger partial charge is 0.0777 e. The molecule has 1 atom stereocenters. The van der Waals surface area contributed by atoms with Crippen LogP contribution in [-0.2, 0) is 0 Å². The summed E-state index contributed by atoms with van der Waals surface area (Å²) in [6, 6.07) is 1.75. The molecule has 0 aromatic carbocycles. The summed E-state index contributed by atoms with van der Waals surface area (Å²) in [6.45, 7) is 1.68. The first-order chi connectivity index (χ1) is 5.24. The molecule has 0 radical (unpaired) electrons. The molecule has 0 aliphatic rings. The summed E-state index contributed by atoms with van der Waals surface area (Å²) < 4.78 is 0. The normalized spacial score (nSPS) is 12.1. The highest BCUT2D eigenvalue weighted by atomic mass is 16.3. The molecule has 1 rings (SSSR count). The average Bonchev–Trinajstić information content (AvgIpc) is 2.05. The Morgan fingerprint density at radius 1 is 1.64 bits per heavy atom. The van der Waals surface area contributed by atoms with Gasteiger partial charge in [0, 0.05) is 18.0 Å². The van der Waals surface area contributed by atoms with Crippen molar-refractivity contribution in [2.45, 2.75) is 13.0 Å². The first kappa shape index (κ1) is 7.77. The van der Waals surface area contributed by atoms with Crippen molar-refractivity contribution in [3.63, 3.8) is 0 Å². The molecule has 1 aromatic heterocycles. The lowest BCUT2D eigenvalue weighted by Crippen LogP contribution is -1.92. The molecular formula is C9H9NO. The summed E-state index contributed by atoms with van der Waals surface area (Å²) in [5.74, 6) is 2.45. The van der Waals surface area contributed by atoms with Gasteiger partial charge in [0.15, 0.2) is 0 Å². The van der Waals surface area contributed by atoms with Crippen LogP contribution in [0.15, 0.2) is 18.5 Å². The summed E-state index contributed by atoms with van der Waals surface area (Å²) in [7, 11) is 0. The Labute approximate surface area is 65.9 Å². The maximum Gasteiger partial charge on any atom is 0.0777 e. The molecule has 0 saturated heterocycles. The van der Waals surface area contributed by atoms with Crippen LogP contribution in [0.2, 0.25) is 0 Å². The third-order valence-electron chi connectivity index (χ3n) is 1.41. The van der Waals surface area contributed by atoms with Gasteiger partial charge >= 0.3 is 0 Å². The highest BCUT2D eigenvalue weighted by Gasteiger charge is 1.99. The average molecular weight is 147 g/mol. The topological polar surface area (TPSA) is 33.1 Å². The zero-order valence-electron chi connectivity index (χ0n) is 6.28. The van der Waals surface area contributed by atoms with Crippen LogP contribution in [0.25, 0.3) is 0 Å². The Balaban J connectivity index is 3.03. The van der Waals surface area contributed by atoms with Crippen molar-refractivity contribution in [1.29, 1.82) is 0 Å². The lowest BCUT2D eigenvalue weighted by atomic mass is 10.1. The summed E-state index contributed by atoms with van der Waals surface area (Å²) in [6.07, 6.45) is 7.84. The van der Waals surface area contributed by atoms with Gasteiger partial charge in [0.25, 0.3) is 0 Å². The lowest BCUT2D eigenvalue weighted by molar-refractivity contribution is 0.199. The van der Waals surface area contributed by atoms with E-state index in [1.165, 1.54) is 0 Å². The summed E-state index contributed by atoms with van der Waals surface area (Å²) in [5, 5.41) is 9.14. The third kappa shape index (κ3) is 1.79. The lowest BCUT2D eigenvalue weighted by Gasteiger charge is -2.02. The van der Waals surface area contributed by atoms with Crippen molar-refractivity contribution in [2.24, 2.45) is 0 Å². The first-order valence-electron chi connectivity index (χ1n) is 3.33. The SMILES string of the molecule is C#Cc1cncc(C(C)O)c1. The van der Waals surface area contributed by atoms with Gasteiger partial charge in [0.2, 0.25) is 0 Å². The largest absolute Gasteiger partial charge is 0.389 e. The van der Waals surface area contributed by atoms with Crippen molar-refractivity contribution >= 4 is 0 Å². The Bertz CT molecular complexity index is 286. The van der Waals surface area contributed by atoms with E-state index < -0.39 is 6.10 Å². The van der Waals surface area contributed by atoms with Crippen molar-refractivity contribution < 1.29 is 5.11 Å². The van der Waals surface area contributed by atoms with Gasteiger partial charge in [-0.05, 0) is 18.6 Å². The van der Waals surface area contributed by atoms with Crippen molar-refractivity contribution in [2.75, 3.05) is 0 Å². The Morgan fingerprint density at radius 2 is 2.36 bits per heavy atom. The predicted molar refractivity (Wildman–Crippen MR) is 42.8 cm³/mol. The molecule has 1 heterocycles. The molecule has 2 nitrogen and oxygen atoms in total. The van der Waals surface area contributed by atoms with Crippen LogP contribution in [0.3, 0.4) is 0 Å². The van der Waals surface area contributed by atoms with E-state index in [0.29, 0.717) is 5.56 Å². The zero-order valence-corrected chi connectivity index (χ0v) is 6.28. The van der Waals surface area contributed by atoms with E-state index in [0.717, 1.165) is 5.56 Å². The van der Waals surface area contributed by atoms with Gasteiger partial charge in [-0.2, -0.15) is 0 Å². The van der Waals surface area contributed by atoms with Gasteiger partial charge in [-0.1, -0.05) is 5.92 Å². The van der Waals surface area contributed by atoms with E-state index in [9.17, 15) is 0 Å². The fourth-order valence-corrected chi connectivity index (χ4v) is 0.765. The van der Waals surface area contributed by atoms with Crippen LogP contribution < -0.4 is 0 Å². The molecule has 2 heteroatoms. The first-order valence-corrected chi connectivity index (χ1v) is 3.33. The number of aliphatic hydroxyl groups is 1. The summed E-state index contributed by atoms with van der Waals surface area (Å²) >= 11 is 0. The molecule has 11 heavy (non-hydrogen) atoms. The van der Waals surface area contributed by atoms with Crippen LogP contribution in [-0.4, -0.2) is 10.1 Å². The number of hydrogen-bond donors (Lipinski definition) is 1. The van der Waals surface area contributed by atoms with Gasteiger partial charge < -0.3 is 5.11 Å². The monoisotopic (exact) mass is 147 g/mol. The van der Waals surface area contributed by atoms with Gasteiger partial charge in [-0.3, -0.25) is 4.98 Å². The van der Waals surface area contributed by atoms with Crippen LogP contribution >= 0.6 is 0 Å². The molecule has 1 unspecified atom stereocenters. The second-order valence-electron chi connectivity index (χ2n) is 2.33. The van der Waals surface area contributed by atoms with Gasteiger partial charge in [0.05, 0.1) is 6.10 Å². The van der Waals surface area contributed by atoms with Crippen LogP contribution in [0.5, 0.6) is 0 Å². The number of terminal acetylenes is 1. The van der Waals surface area contributed by atoms with Gasteiger partial charge in [-0.15, -0.1) is 6.42 Å². The minimum Gasteiger partial charge on any atom is -0.389 e. The van der Waals surface area contributed by atoms with Gasteiger partial charge in [-0.25, -0.2) is 0 Å². The second kappa shape index (κ2) is 3.18. The van der Waals surface area contributed by atoms with Crippen molar-refractivity contribution in [3.8, 4) is 12.3 Å². The summed E-state index contributed by atoms with van der Waals surface area (Å²) in [5.41, 5.74) is 1.45.